The summed E-state index contributed by atoms with van der Waals surface area (Å²) in [6.45, 7) is 15.4. The number of nitrogens with one attached hydrogen (secondary N) is 1. The fourth-order valence-corrected chi connectivity index (χ4v) is 3.60. The van der Waals surface area contributed by atoms with Gasteiger partial charge in [0.15, 0.2) is 5.96 Å². The monoisotopic (exact) mass is 438 g/mol. The molecule has 1 N–H and O–H groups in total. The zero-order valence-electron chi connectivity index (χ0n) is 15.5. The third-order valence-corrected chi connectivity index (χ3v) is 4.62. The molecule has 2 rings (SSSR count). The molecule has 23 heavy (non-hydrogen) atoms. The van der Waals surface area contributed by atoms with Crippen molar-refractivity contribution in [2.75, 3.05) is 46.3 Å². The summed E-state index contributed by atoms with van der Waals surface area (Å²) in [5, 5.41) is 3.53. The third kappa shape index (κ3) is 6.74. The molecule has 2 aliphatic heterocycles. The Hall–Kier alpha value is -0.0800. The first-order valence-corrected chi connectivity index (χ1v) is 8.73. The molecule has 0 bridgehead atoms. The highest BCUT2D eigenvalue weighted by atomic mass is 127. The maximum atomic E-state index is 5.78. The SMILES string of the molecule is CN=C(NCCCN1CC(C)OC(C)C1)N1CCC(C)(C)C1.I. The maximum Gasteiger partial charge on any atom is 0.193 e. The van der Waals surface area contributed by atoms with Crippen LogP contribution in [0.3, 0.4) is 0 Å². The lowest BCUT2D eigenvalue weighted by molar-refractivity contribution is -0.0679. The second kappa shape index (κ2) is 9.42. The van der Waals surface area contributed by atoms with E-state index in [1.165, 1.54) is 6.42 Å². The molecule has 0 aliphatic carbocycles. The highest BCUT2D eigenvalue weighted by Crippen LogP contribution is 2.28. The minimum atomic E-state index is 0. The maximum absolute atomic E-state index is 5.78. The summed E-state index contributed by atoms with van der Waals surface area (Å²) in [4.78, 5) is 9.35. The minimum absolute atomic E-state index is 0. The quantitative estimate of drug-likeness (QED) is 0.317. The molecular weight excluding hydrogens is 403 g/mol. The Kier molecular flexibility index (Phi) is 8.58. The zero-order chi connectivity index (χ0) is 16.2. The van der Waals surface area contributed by atoms with Crippen LogP contribution in [0, 0.1) is 5.41 Å². The number of halogens is 1. The number of guanidine groups is 1. The van der Waals surface area contributed by atoms with Crippen LogP contribution in [0.1, 0.15) is 40.5 Å². The van der Waals surface area contributed by atoms with Crippen molar-refractivity contribution in [2.45, 2.75) is 52.7 Å². The Balaban J connectivity index is 0.00000264. The molecule has 2 aliphatic rings. The molecule has 136 valence electrons. The minimum Gasteiger partial charge on any atom is -0.373 e. The second-order valence-corrected chi connectivity index (χ2v) is 7.68. The van der Waals surface area contributed by atoms with E-state index in [9.17, 15) is 0 Å². The molecule has 6 heteroatoms. The lowest BCUT2D eigenvalue weighted by Gasteiger charge is -2.35. The molecule has 5 nitrogen and oxygen atoms in total. The smallest absolute Gasteiger partial charge is 0.193 e. The molecule has 0 spiro atoms. The van der Waals surface area contributed by atoms with E-state index in [1.807, 2.05) is 7.05 Å². The van der Waals surface area contributed by atoms with Crippen molar-refractivity contribution in [2.24, 2.45) is 10.4 Å². The molecule has 0 aromatic carbocycles. The number of likely N-dealkylation sites (tertiary alicyclic amines) is 1. The number of hydrogen-bond donors (Lipinski definition) is 1. The van der Waals surface area contributed by atoms with Crippen LogP contribution in [-0.2, 0) is 4.74 Å². The highest BCUT2D eigenvalue weighted by Gasteiger charge is 2.30. The Morgan fingerprint density at radius 2 is 1.91 bits per heavy atom. The first-order chi connectivity index (χ1) is 10.4. The van der Waals surface area contributed by atoms with Crippen molar-refractivity contribution >= 4 is 29.9 Å². The van der Waals surface area contributed by atoms with Gasteiger partial charge in [-0.2, -0.15) is 0 Å². The van der Waals surface area contributed by atoms with Gasteiger partial charge >= 0.3 is 0 Å². The molecule has 0 aromatic rings. The first kappa shape index (κ1) is 21.0. The summed E-state index contributed by atoms with van der Waals surface area (Å²) in [5.41, 5.74) is 0.414. The van der Waals surface area contributed by atoms with Gasteiger partial charge in [-0.1, -0.05) is 13.8 Å². The molecule has 2 atom stereocenters. The number of aliphatic imine (C=N–C) groups is 1. The van der Waals surface area contributed by atoms with E-state index >= 15 is 0 Å². The molecular formula is C17H35IN4O. The summed E-state index contributed by atoms with van der Waals surface area (Å²) < 4.78 is 5.78. The largest absolute Gasteiger partial charge is 0.373 e. The van der Waals surface area contributed by atoms with Gasteiger partial charge in [-0.3, -0.25) is 9.89 Å². The zero-order valence-corrected chi connectivity index (χ0v) is 17.8. The summed E-state index contributed by atoms with van der Waals surface area (Å²) in [7, 11) is 1.89. The lowest BCUT2D eigenvalue weighted by atomic mass is 9.93. The van der Waals surface area contributed by atoms with E-state index in [0.717, 1.165) is 51.6 Å². The number of hydrogen-bond acceptors (Lipinski definition) is 3. The van der Waals surface area contributed by atoms with Crippen LogP contribution in [0.25, 0.3) is 0 Å². The van der Waals surface area contributed by atoms with Gasteiger partial charge in [0.2, 0.25) is 0 Å². The van der Waals surface area contributed by atoms with Gasteiger partial charge in [0.1, 0.15) is 0 Å². The molecule has 0 amide bonds. The average molecular weight is 438 g/mol. The molecule has 0 saturated carbocycles. The molecule has 0 radical (unpaired) electrons. The van der Waals surface area contributed by atoms with E-state index < -0.39 is 0 Å². The first-order valence-electron chi connectivity index (χ1n) is 8.73. The molecule has 0 aromatic heterocycles. The summed E-state index contributed by atoms with van der Waals surface area (Å²) in [6.07, 6.45) is 3.11. The summed E-state index contributed by atoms with van der Waals surface area (Å²) in [5.74, 6) is 1.06. The van der Waals surface area contributed by atoms with Gasteiger partial charge in [-0.25, -0.2) is 0 Å². The topological polar surface area (TPSA) is 40.1 Å². The van der Waals surface area contributed by atoms with E-state index in [0.29, 0.717) is 17.6 Å². The average Bonchev–Trinajstić information content (AvgIpc) is 2.78. The van der Waals surface area contributed by atoms with Gasteiger partial charge in [0.25, 0.3) is 0 Å². The standard InChI is InChI=1S/C17H34N4O.HI/c1-14-11-20(12-15(2)22-14)9-6-8-19-16(18-5)21-10-7-17(3,4)13-21;/h14-15H,6-13H2,1-5H3,(H,18,19);1H. The fraction of sp³-hybridized carbons (Fsp3) is 0.941. The van der Waals surface area contributed by atoms with Crippen molar-refractivity contribution < 1.29 is 4.74 Å². The lowest BCUT2D eigenvalue weighted by Crippen LogP contribution is -2.46. The van der Waals surface area contributed by atoms with Crippen molar-refractivity contribution in [1.29, 1.82) is 0 Å². The van der Waals surface area contributed by atoms with E-state index in [4.69, 9.17) is 4.74 Å². The number of ether oxygens (including phenoxy) is 1. The Morgan fingerprint density at radius 3 is 2.43 bits per heavy atom. The van der Waals surface area contributed by atoms with Crippen molar-refractivity contribution in [3.63, 3.8) is 0 Å². The molecule has 2 fully saturated rings. The predicted molar refractivity (Wildman–Crippen MR) is 108 cm³/mol. The number of nitrogens with zero attached hydrogens (tertiary/aromatic N) is 3. The molecule has 2 saturated heterocycles. The predicted octanol–water partition coefficient (Wildman–Crippen LogP) is 2.41. The fourth-order valence-electron chi connectivity index (χ4n) is 3.60. The van der Waals surface area contributed by atoms with Gasteiger partial charge in [-0.05, 0) is 32.1 Å². The van der Waals surface area contributed by atoms with Crippen LogP contribution in [0.4, 0.5) is 0 Å². The van der Waals surface area contributed by atoms with Crippen LogP contribution in [0.5, 0.6) is 0 Å². The summed E-state index contributed by atoms with van der Waals surface area (Å²) >= 11 is 0. The number of morpholine rings is 1. The Labute approximate surface area is 159 Å². The molecule has 2 heterocycles. The van der Waals surface area contributed by atoms with Crippen molar-refractivity contribution in [1.82, 2.24) is 15.1 Å². The Morgan fingerprint density at radius 1 is 1.26 bits per heavy atom. The molecule has 2 unspecified atom stereocenters. The van der Waals surface area contributed by atoms with Crippen LogP contribution in [-0.4, -0.2) is 74.3 Å². The van der Waals surface area contributed by atoms with Gasteiger partial charge in [0, 0.05) is 46.3 Å². The second-order valence-electron chi connectivity index (χ2n) is 7.68. The van der Waals surface area contributed by atoms with Gasteiger partial charge < -0.3 is 15.0 Å². The van der Waals surface area contributed by atoms with Crippen LogP contribution >= 0.6 is 24.0 Å². The van der Waals surface area contributed by atoms with Crippen molar-refractivity contribution in [3.05, 3.63) is 0 Å². The summed E-state index contributed by atoms with van der Waals surface area (Å²) in [6, 6.07) is 0. The van der Waals surface area contributed by atoms with Crippen LogP contribution in [0.2, 0.25) is 0 Å². The highest BCUT2D eigenvalue weighted by molar-refractivity contribution is 14.0. The number of rotatable bonds is 4. The van der Waals surface area contributed by atoms with E-state index in [-0.39, 0.29) is 24.0 Å². The van der Waals surface area contributed by atoms with Crippen LogP contribution < -0.4 is 5.32 Å². The van der Waals surface area contributed by atoms with E-state index in [2.05, 4.69) is 47.8 Å². The van der Waals surface area contributed by atoms with Crippen molar-refractivity contribution in [3.8, 4) is 0 Å². The van der Waals surface area contributed by atoms with E-state index in [1.54, 1.807) is 0 Å². The van der Waals surface area contributed by atoms with Crippen LogP contribution in [0.15, 0.2) is 4.99 Å². The third-order valence-electron chi connectivity index (χ3n) is 4.62. The normalized spacial score (nSPS) is 28.6. The van der Waals surface area contributed by atoms with Gasteiger partial charge in [0.05, 0.1) is 12.2 Å². The Bertz CT molecular complexity index is 379. The van der Waals surface area contributed by atoms with Gasteiger partial charge in [-0.15, -0.1) is 24.0 Å².